The van der Waals surface area contributed by atoms with Gasteiger partial charge in [0.25, 0.3) is 10.0 Å². The highest BCUT2D eigenvalue weighted by atomic mass is 32.2. The Balaban J connectivity index is 1.37. The minimum atomic E-state index is -4.01. The van der Waals surface area contributed by atoms with Crippen molar-refractivity contribution < 1.29 is 27.4 Å². The lowest BCUT2D eigenvalue weighted by Crippen LogP contribution is -2.52. The van der Waals surface area contributed by atoms with Crippen molar-refractivity contribution in [2.45, 2.75) is 4.90 Å². The zero-order valence-corrected chi connectivity index (χ0v) is 21.4. The fraction of sp³-hybridized carbons (Fsp3) is 0.296. The quantitative estimate of drug-likeness (QED) is 0.470. The van der Waals surface area contributed by atoms with Gasteiger partial charge in [-0.2, -0.15) is 0 Å². The van der Waals surface area contributed by atoms with Gasteiger partial charge in [0.05, 0.1) is 23.4 Å². The van der Waals surface area contributed by atoms with E-state index in [0.29, 0.717) is 56.6 Å². The average molecular weight is 524 g/mol. The van der Waals surface area contributed by atoms with Crippen LogP contribution >= 0.6 is 0 Å². The first-order chi connectivity index (χ1) is 18.0. The Hall–Kier alpha value is -3.92. The first kappa shape index (κ1) is 24.8. The third-order valence-electron chi connectivity index (χ3n) is 6.48. The van der Waals surface area contributed by atoms with E-state index >= 15 is 0 Å². The zero-order chi connectivity index (χ0) is 25.8. The molecule has 0 aromatic heterocycles. The summed E-state index contributed by atoms with van der Waals surface area (Å²) in [6, 6.07) is 20.8. The van der Waals surface area contributed by atoms with Gasteiger partial charge in [-0.25, -0.2) is 8.42 Å². The highest BCUT2D eigenvalue weighted by Gasteiger charge is 2.31. The Kier molecular flexibility index (Phi) is 7.09. The van der Waals surface area contributed by atoms with Gasteiger partial charge in [0.15, 0.2) is 11.5 Å². The summed E-state index contributed by atoms with van der Waals surface area (Å²) in [5.74, 6) is 1.51. The van der Waals surface area contributed by atoms with Crippen LogP contribution < -0.4 is 23.4 Å². The van der Waals surface area contributed by atoms with Crippen LogP contribution in [0.2, 0.25) is 0 Å². The number of ether oxygens (including phenoxy) is 3. The number of fused-ring (bicyclic) bond motifs is 1. The summed E-state index contributed by atoms with van der Waals surface area (Å²) in [4.78, 5) is 17.4. The normalized spacial score (nSPS) is 15.3. The topological polar surface area (TPSA) is 88.6 Å². The fourth-order valence-electron chi connectivity index (χ4n) is 4.53. The predicted octanol–water partition coefficient (Wildman–Crippen LogP) is 3.01. The van der Waals surface area contributed by atoms with E-state index in [4.69, 9.17) is 14.2 Å². The summed E-state index contributed by atoms with van der Waals surface area (Å²) in [5, 5.41) is 0. The lowest BCUT2D eigenvalue weighted by Gasteiger charge is -2.37. The molecule has 1 saturated heterocycles. The molecule has 0 unspecified atom stereocenters. The number of carbonyl (C=O) groups excluding carboxylic acids is 1. The van der Waals surface area contributed by atoms with Crippen molar-refractivity contribution in [1.29, 1.82) is 0 Å². The molecular formula is C27H29N3O6S. The standard InChI is InChI=1S/C27H29N3O6S/c1-34-24-10-6-5-9-23(24)28-13-15-29(16-14-28)27(31)20-30(37(32,33)22-7-3-2-4-8-22)21-11-12-25-26(19-21)36-18-17-35-25/h2-12,19H,13-18,20H2,1H3. The first-order valence-corrected chi connectivity index (χ1v) is 13.5. The first-order valence-electron chi connectivity index (χ1n) is 12.1. The van der Waals surface area contributed by atoms with Gasteiger partial charge in [0.2, 0.25) is 5.91 Å². The van der Waals surface area contributed by atoms with Crippen molar-refractivity contribution >= 4 is 27.3 Å². The number of hydrogen-bond acceptors (Lipinski definition) is 7. The Morgan fingerprint density at radius 2 is 1.57 bits per heavy atom. The van der Waals surface area contributed by atoms with Crippen LogP contribution in [0.1, 0.15) is 0 Å². The smallest absolute Gasteiger partial charge is 0.264 e. The maximum atomic E-state index is 13.7. The summed E-state index contributed by atoms with van der Waals surface area (Å²) in [6.07, 6.45) is 0. The molecule has 3 aromatic rings. The van der Waals surface area contributed by atoms with Crippen LogP contribution in [0.3, 0.4) is 0 Å². The molecule has 5 rings (SSSR count). The summed E-state index contributed by atoms with van der Waals surface area (Å²) >= 11 is 0. The van der Waals surface area contributed by atoms with Crippen molar-refractivity contribution in [3.63, 3.8) is 0 Å². The molecule has 1 fully saturated rings. The SMILES string of the molecule is COc1ccccc1N1CCN(C(=O)CN(c2ccc3c(c2)OCCO3)S(=O)(=O)c2ccccc2)CC1. The summed E-state index contributed by atoms with van der Waals surface area (Å²) in [5.41, 5.74) is 1.32. The zero-order valence-electron chi connectivity index (χ0n) is 20.6. The van der Waals surface area contributed by atoms with E-state index in [2.05, 4.69) is 4.90 Å². The van der Waals surface area contributed by atoms with Crippen LogP contribution in [-0.2, 0) is 14.8 Å². The summed E-state index contributed by atoms with van der Waals surface area (Å²) < 4.78 is 45.3. The lowest BCUT2D eigenvalue weighted by atomic mass is 10.2. The number of sulfonamides is 1. The van der Waals surface area contributed by atoms with Crippen molar-refractivity contribution in [1.82, 2.24) is 4.90 Å². The van der Waals surface area contributed by atoms with Gasteiger partial charge >= 0.3 is 0 Å². The van der Waals surface area contributed by atoms with Gasteiger partial charge in [-0.15, -0.1) is 0 Å². The van der Waals surface area contributed by atoms with Crippen LogP contribution in [0.5, 0.6) is 17.2 Å². The van der Waals surface area contributed by atoms with Crippen LogP contribution in [0.15, 0.2) is 77.7 Å². The van der Waals surface area contributed by atoms with E-state index in [1.54, 1.807) is 48.4 Å². The van der Waals surface area contributed by atoms with Gasteiger partial charge < -0.3 is 24.0 Å². The fourth-order valence-corrected chi connectivity index (χ4v) is 5.96. The number of carbonyl (C=O) groups is 1. The summed E-state index contributed by atoms with van der Waals surface area (Å²) in [7, 11) is -2.38. The van der Waals surface area contributed by atoms with Crippen LogP contribution in [0, 0.1) is 0 Å². The van der Waals surface area contributed by atoms with E-state index in [0.717, 1.165) is 15.7 Å². The van der Waals surface area contributed by atoms with Crippen molar-refractivity contribution in [2.75, 3.05) is 62.3 Å². The molecule has 2 aliphatic rings. The van der Waals surface area contributed by atoms with Crippen molar-refractivity contribution in [3.8, 4) is 17.2 Å². The highest BCUT2D eigenvalue weighted by Crippen LogP contribution is 2.36. The number of piperazine rings is 1. The molecule has 0 atom stereocenters. The molecule has 0 radical (unpaired) electrons. The molecule has 194 valence electrons. The largest absolute Gasteiger partial charge is 0.495 e. The number of hydrogen-bond donors (Lipinski definition) is 0. The Labute approximate surface area is 216 Å². The lowest BCUT2D eigenvalue weighted by molar-refractivity contribution is -0.129. The second kappa shape index (κ2) is 10.6. The van der Waals surface area contributed by atoms with Gasteiger partial charge in [-0.3, -0.25) is 9.10 Å². The van der Waals surface area contributed by atoms with E-state index < -0.39 is 10.0 Å². The van der Waals surface area contributed by atoms with E-state index in [1.807, 2.05) is 24.3 Å². The molecule has 0 N–H and O–H groups in total. The van der Waals surface area contributed by atoms with Crippen LogP contribution in [-0.4, -0.2) is 72.3 Å². The van der Waals surface area contributed by atoms with Gasteiger partial charge in [0, 0.05) is 32.2 Å². The Morgan fingerprint density at radius 1 is 0.892 bits per heavy atom. The maximum Gasteiger partial charge on any atom is 0.264 e. The monoisotopic (exact) mass is 523 g/mol. The molecule has 37 heavy (non-hydrogen) atoms. The molecule has 0 saturated carbocycles. The second-order valence-corrected chi connectivity index (χ2v) is 10.6. The predicted molar refractivity (Wildman–Crippen MR) is 140 cm³/mol. The molecule has 9 nitrogen and oxygen atoms in total. The molecule has 10 heteroatoms. The number of nitrogens with zero attached hydrogens (tertiary/aromatic N) is 3. The van der Waals surface area contributed by atoms with Gasteiger partial charge in [-0.05, 0) is 36.4 Å². The Morgan fingerprint density at radius 3 is 2.30 bits per heavy atom. The van der Waals surface area contributed by atoms with E-state index in [1.165, 1.54) is 12.1 Å². The van der Waals surface area contributed by atoms with E-state index in [9.17, 15) is 13.2 Å². The molecule has 1 amide bonds. The number of amides is 1. The highest BCUT2D eigenvalue weighted by molar-refractivity contribution is 7.92. The van der Waals surface area contributed by atoms with Gasteiger partial charge in [-0.1, -0.05) is 30.3 Å². The molecule has 2 aliphatic heterocycles. The third kappa shape index (κ3) is 5.15. The van der Waals surface area contributed by atoms with Gasteiger partial charge in [0.1, 0.15) is 25.5 Å². The molecule has 0 spiro atoms. The minimum Gasteiger partial charge on any atom is -0.495 e. The molecule has 3 aromatic carbocycles. The maximum absolute atomic E-state index is 13.7. The van der Waals surface area contributed by atoms with Crippen LogP contribution in [0.4, 0.5) is 11.4 Å². The number of para-hydroxylation sites is 2. The number of rotatable bonds is 7. The second-order valence-electron chi connectivity index (χ2n) is 8.69. The average Bonchev–Trinajstić information content (AvgIpc) is 2.96. The van der Waals surface area contributed by atoms with Crippen LogP contribution in [0.25, 0.3) is 0 Å². The van der Waals surface area contributed by atoms with E-state index in [-0.39, 0.29) is 17.3 Å². The molecular weight excluding hydrogens is 494 g/mol. The van der Waals surface area contributed by atoms with Crippen molar-refractivity contribution in [3.05, 3.63) is 72.8 Å². The number of benzene rings is 3. The number of methoxy groups -OCH3 is 1. The third-order valence-corrected chi connectivity index (χ3v) is 8.27. The van der Waals surface area contributed by atoms with Crippen molar-refractivity contribution in [2.24, 2.45) is 0 Å². The minimum absolute atomic E-state index is 0.110. The molecule has 0 bridgehead atoms. The summed E-state index contributed by atoms with van der Waals surface area (Å²) in [6.45, 7) is 2.64. The number of anilines is 2. The Bertz CT molecular complexity index is 1360. The molecule has 2 heterocycles. The molecule has 0 aliphatic carbocycles.